The normalized spacial score (nSPS) is 23.7. The number of carbonyl (C=O) groups excluding carboxylic acids is 2. The maximum atomic E-state index is 14.4. The number of methoxy groups -OCH3 is 2. The van der Waals surface area contributed by atoms with Crippen LogP contribution < -0.4 is 9.47 Å². The van der Waals surface area contributed by atoms with E-state index < -0.39 is 36.4 Å². The number of hydrogen-bond donors (Lipinski definition) is 1. The molecule has 2 amide bonds. The molecule has 2 heterocycles. The second kappa shape index (κ2) is 12.6. The smallest absolute Gasteiger partial charge is 0.338 e. The highest BCUT2D eigenvalue weighted by Gasteiger charge is 2.60. The Bertz CT molecular complexity index is 1320. The first-order valence-electron chi connectivity index (χ1n) is 13.8. The molecule has 1 N–H and O–H groups in total. The molecule has 2 aliphatic rings. The predicted molar refractivity (Wildman–Crippen MR) is 151 cm³/mol. The SMILES string of the molecule is CCOC(=O)C1O[C@@H]1[C@@H]1[C@@H](O)[C@@H](Cc2ccccc2)N(Cc2ccc(OC)cc2)C(=O)N1Cc1ccc(OC)cc1. The van der Waals surface area contributed by atoms with Crippen molar-refractivity contribution >= 4 is 12.0 Å². The fourth-order valence-electron chi connectivity index (χ4n) is 5.50. The second-order valence-electron chi connectivity index (χ2n) is 10.2. The van der Waals surface area contributed by atoms with Crippen LogP contribution in [0.5, 0.6) is 11.5 Å². The van der Waals surface area contributed by atoms with Gasteiger partial charge in [0.15, 0.2) is 6.10 Å². The number of amides is 2. The Kier molecular flexibility index (Phi) is 8.75. The van der Waals surface area contributed by atoms with Crippen LogP contribution in [0, 0.1) is 0 Å². The van der Waals surface area contributed by atoms with E-state index in [-0.39, 0.29) is 25.7 Å². The molecule has 5 atom stereocenters. The maximum absolute atomic E-state index is 14.4. The first-order valence-corrected chi connectivity index (χ1v) is 13.8. The van der Waals surface area contributed by atoms with Gasteiger partial charge in [-0.3, -0.25) is 0 Å². The number of hydrogen-bond acceptors (Lipinski definition) is 7. The van der Waals surface area contributed by atoms with E-state index >= 15 is 0 Å². The van der Waals surface area contributed by atoms with Crippen LogP contribution in [0.2, 0.25) is 0 Å². The Morgan fingerprint density at radius 2 is 1.39 bits per heavy atom. The molecule has 0 aromatic heterocycles. The number of epoxide rings is 1. The van der Waals surface area contributed by atoms with Crippen LogP contribution >= 0.6 is 0 Å². The van der Waals surface area contributed by atoms with Gasteiger partial charge in [-0.15, -0.1) is 0 Å². The highest BCUT2D eigenvalue weighted by molar-refractivity contribution is 5.80. The fraction of sp³-hybridized carbons (Fsp3) is 0.375. The lowest BCUT2D eigenvalue weighted by Gasteiger charge is -2.49. The van der Waals surface area contributed by atoms with E-state index in [1.165, 1.54) is 0 Å². The fourth-order valence-corrected chi connectivity index (χ4v) is 5.50. The monoisotopic (exact) mass is 560 g/mol. The van der Waals surface area contributed by atoms with Crippen LogP contribution in [0.3, 0.4) is 0 Å². The highest BCUT2D eigenvalue weighted by Crippen LogP contribution is 2.38. The molecule has 1 unspecified atom stereocenters. The zero-order chi connectivity index (χ0) is 28.9. The van der Waals surface area contributed by atoms with Gasteiger partial charge >= 0.3 is 12.0 Å². The molecule has 9 heteroatoms. The number of aliphatic hydroxyl groups is 1. The minimum absolute atomic E-state index is 0.219. The lowest BCUT2D eigenvalue weighted by atomic mass is 9.88. The van der Waals surface area contributed by atoms with Crippen molar-refractivity contribution in [1.82, 2.24) is 9.80 Å². The minimum atomic E-state index is -1.01. The van der Waals surface area contributed by atoms with Gasteiger partial charge in [-0.25, -0.2) is 9.59 Å². The van der Waals surface area contributed by atoms with Crippen molar-refractivity contribution in [2.75, 3.05) is 20.8 Å². The summed E-state index contributed by atoms with van der Waals surface area (Å²) in [5.74, 6) is 0.936. The van der Waals surface area contributed by atoms with Gasteiger partial charge in [-0.05, 0) is 54.3 Å². The Morgan fingerprint density at radius 1 is 0.829 bits per heavy atom. The lowest BCUT2D eigenvalue weighted by molar-refractivity contribution is -0.144. The molecule has 0 saturated carbocycles. The molecule has 3 aromatic rings. The van der Waals surface area contributed by atoms with Gasteiger partial charge in [0.2, 0.25) is 0 Å². The Morgan fingerprint density at radius 3 is 1.93 bits per heavy atom. The molecule has 9 nitrogen and oxygen atoms in total. The summed E-state index contributed by atoms with van der Waals surface area (Å²) in [7, 11) is 3.20. The summed E-state index contributed by atoms with van der Waals surface area (Å²) in [6.07, 6.45) is -2.07. The number of benzene rings is 3. The van der Waals surface area contributed by atoms with Crippen LogP contribution in [-0.2, 0) is 33.8 Å². The molecule has 0 aliphatic carbocycles. The third-order valence-corrected chi connectivity index (χ3v) is 7.69. The number of aliphatic hydroxyl groups excluding tert-OH is 1. The number of carbonyl (C=O) groups is 2. The van der Waals surface area contributed by atoms with Gasteiger partial charge in [0.05, 0.1) is 39.0 Å². The van der Waals surface area contributed by atoms with Gasteiger partial charge in [-0.1, -0.05) is 54.6 Å². The van der Waals surface area contributed by atoms with Gasteiger partial charge in [0.25, 0.3) is 0 Å². The summed E-state index contributed by atoms with van der Waals surface area (Å²) in [6.45, 7) is 2.46. The van der Waals surface area contributed by atoms with Crippen LogP contribution in [0.15, 0.2) is 78.9 Å². The van der Waals surface area contributed by atoms with Gasteiger partial charge < -0.3 is 33.9 Å². The van der Waals surface area contributed by atoms with E-state index in [0.29, 0.717) is 12.2 Å². The molecule has 3 aromatic carbocycles. The summed E-state index contributed by atoms with van der Waals surface area (Å²) >= 11 is 0. The third kappa shape index (κ3) is 6.31. The van der Waals surface area contributed by atoms with Crippen LogP contribution in [0.4, 0.5) is 4.79 Å². The molecule has 0 radical (unpaired) electrons. The first-order chi connectivity index (χ1) is 19.9. The van der Waals surface area contributed by atoms with E-state index in [0.717, 1.165) is 22.4 Å². The number of urea groups is 1. The van der Waals surface area contributed by atoms with Crippen LogP contribution in [0.1, 0.15) is 23.6 Å². The summed E-state index contributed by atoms with van der Waals surface area (Å²) in [4.78, 5) is 30.3. The Hall–Kier alpha value is -4.08. The number of rotatable bonds is 11. The highest BCUT2D eigenvalue weighted by atomic mass is 16.6. The summed E-state index contributed by atoms with van der Waals surface area (Å²) in [5.41, 5.74) is 2.75. The quantitative estimate of drug-likeness (QED) is 0.281. The van der Waals surface area contributed by atoms with Crippen molar-refractivity contribution in [2.24, 2.45) is 0 Å². The largest absolute Gasteiger partial charge is 0.497 e. The van der Waals surface area contributed by atoms with E-state index in [1.807, 2.05) is 78.9 Å². The van der Waals surface area contributed by atoms with Crippen molar-refractivity contribution in [3.8, 4) is 11.5 Å². The van der Waals surface area contributed by atoms with Crippen molar-refractivity contribution in [2.45, 2.75) is 56.8 Å². The Balaban J connectivity index is 1.50. The molecule has 2 fully saturated rings. The average molecular weight is 561 g/mol. The number of esters is 1. The zero-order valence-electron chi connectivity index (χ0n) is 23.5. The zero-order valence-corrected chi connectivity index (χ0v) is 23.5. The third-order valence-electron chi connectivity index (χ3n) is 7.69. The van der Waals surface area contributed by atoms with E-state index in [4.69, 9.17) is 18.9 Å². The van der Waals surface area contributed by atoms with E-state index in [9.17, 15) is 14.7 Å². The molecule has 2 aliphatic heterocycles. The topological polar surface area (TPSA) is 101 Å². The lowest BCUT2D eigenvalue weighted by Crippen LogP contribution is -2.67. The van der Waals surface area contributed by atoms with Gasteiger partial charge in [0, 0.05) is 13.1 Å². The number of ether oxygens (including phenoxy) is 4. The molecule has 41 heavy (non-hydrogen) atoms. The molecule has 0 bridgehead atoms. The van der Waals surface area contributed by atoms with Crippen molar-refractivity contribution in [3.05, 3.63) is 95.6 Å². The second-order valence-corrected chi connectivity index (χ2v) is 10.2. The molecule has 216 valence electrons. The predicted octanol–water partition coefficient (Wildman–Crippen LogP) is 3.81. The van der Waals surface area contributed by atoms with Gasteiger partial charge in [0.1, 0.15) is 17.6 Å². The van der Waals surface area contributed by atoms with Crippen molar-refractivity contribution in [1.29, 1.82) is 0 Å². The molecule has 0 spiro atoms. The summed E-state index contributed by atoms with van der Waals surface area (Å²) in [5, 5.41) is 12.0. The molecular formula is C32H36N2O7. The maximum Gasteiger partial charge on any atom is 0.338 e. The molecule has 2 saturated heterocycles. The van der Waals surface area contributed by atoms with Crippen molar-refractivity contribution in [3.63, 3.8) is 0 Å². The van der Waals surface area contributed by atoms with Crippen LogP contribution in [0.25, 0.3) is 0 Å². The average Bonchev–Trinajstić information content (AvgIpc) is 3.79. The van der Waals surface area contributed by atoms with Crippen LogP contribution in [-0.4, -0.2) is 78.1 Å². The van der Waals surface area contributed by atoms with E-state index in [2.05, 4.69) is 0 Å². The standard InChI is InChI=1S/C32H36N2O7/c1-4-40-31(36)30-29(41-30)27-28(35)26(18-21-8-6-5-7-9-21)33(19-22-10-14-24(38-2)15-11-22)32(37)34(27)20-23-12-16-25(39-3)17-13-23/h5-17,26-30,35H,4,18-20H2,1-3H3/t26-,27+,28+,29-,30?/m1/s1. The Labute approximate surface area is 240 Å². The molecular weight excluding hydrogens is 524 g/mol. The van der Waals surface area contributed by atoms with Gasteiger partial charge in [-0.2, -0.15) is 0 Å². The van der Waals surface area contributed by atoms with E-state index in [1.54, 1.807) is 30.9 Å². The summed E-state index contributed by atoms with van der Waals surface area (Å²) in [6, 6.07) is 23.2. The number of nitrogens with zero attached hydrogens (tertiary/aromatic N) is 2. The minimum Gasteiger partial charge on any atom is -0.497 e. The van der Waals surface area contributed by atoms with Crippen molar-refractivity contribution < 1.29 is 33.6 Å². The summed E-state index contributed by atoms with van der Waals surface area (Å²) < 4.78 is 21.6. The first kappa shape index (κ1) is 28.4. The molecule has 5 rings (SSSR count).